The average molecular weight is 254 g/mol. The van der Waals surface area contributed by atoms with Crippen LogP contribution in [0.25, 0.3) is 0 Å². The molecule has 0 aliphatic carbocycles. The first-order chi connectivity index (χ1) is 8.59. The van der Waals surface area contributed by atoms with Crippen molar-refractivity contribution in [2.24, 2.45) is 0 Å². The fraction of sp³-hybridized carbons (Fsp3) is 1.00. The lowest BCUT2D eigenvalue weighted by molar-refractivity contribution is 0.108. The number of nitrogens with one attached hydrogen (secondary N) is 2. The molecule has 0 aromatic heterocycles. The van der Waals surface area contributed by atoms with Crippen LogP contribution in [0, 0.1) is 0 Å². The Morgan fingerprint density at radius 2 is 0.944 bits per heavy atom. The zero-order valence-electron chi connectivity index (χ0n) is 12.4. The SMILES string of the molecule is C[C@@H]1CC[C@@H](C)N1NCCNN1[C@H](C)CC[C@H]1C. The van der Waals surface area contributed by atoms with E-state index in [0.29, 0.717) is 24.2 Å². The van der Waals surface area contributed by atoms with E-state index in [4.69, 9.17) is 0 Å². The van der Waals surface area contributed by atoms with Crippen LogP contribution in [0.15, 0.2) is 0 Å². The first kappa shape index (κ1) is 14.3. The zero-order chi connectivity index (χ0) is 13.1. The Hall–Kier alpha value is -0.160. The van der Waals surface area contributed by atoms with Crippen molar-refractivity contribution in [3.05, 3.63) is 0 Å². The molecule has 0 bridgehead atoms. The molecule has 0 radical (unpaired) electrons. The largest absolute Gasteiger partial charge is 0.253 e. The number of hydrogen-bond donors (Lipinski definition) is 2. The van der Waals surface area contributed by atoms with Gasteiger partial charge in [-0.15, -0.1) is 0 Å². The first-order valence-electron chi connectivity index (χ1n) is 7.63. The van der Waals surface area contributed by atoms with Crippen molar-refractivity contribution < 1.29 is 0 Å². The molecule has 4 nitrogen and oxygen atoms in total. The Labute approximate surface area is 112 Å². The molecule has 106 valence electrons. The molecule has 0 aromatic carbocycles. The van der Waals surface area contributed by atoms with E-state index in [2.05, 4.69) is 48.6 Å². The molecule has 2 fully saturated rings. The molecule has 2 aliphatic heterocycles. The van der Waals surface area contributed by atoms with E-state index in [1.807, 2.05) is 0 Å². The summed E-state index contributed by atoms with van der Waals surface area (Å²) in [6, 6.07) is 2.74. The molecule has 4 heteroatoms. The van der Waals surface area contributed by atoms with E-state index in [9.17, 15) is 0 Å². The highest BCUT2D eigenvalue weighted by atomic mass is 15.6. The van der Waals surface area contributed by atoms with E-state index in [0.717, 1.165) is 13.1 Å². The summed E-state index contributed by atoms with van der Waals surface area (Å²) in [5.74, 6) is 0. The van der Waals surface area contributed by atoms with Gasteiger partial charge in [0.25, 0.3) is 0 Å². The molecule has 2 heterocycles. The lowest BCUT2D eigenvalue weighted by Crippen LogP contribution is -2.50. The number of rotatable bonds is 5. The van der Waals surface area contributed by atoms with Crippen molar-refractivity contribution >= 4 is 0 Å². The van der Waals surface area contributed by atoms with Crippen molar-refractivity contribution in [1.29, 1.82) is 0 Å². The second kappa shape index (κ2) is 6.33. The van der Waals surface area contributed by atoms with Crippen LogP contribution in [-0.2, 0) is 0 Å². The van der Waals surface area contributed by atoms with Crippen LogP contribution in [0.3, 0.4) is 0 Å². The molecule has 2 rings (SSSR count). The monoisotopic (exact) mass is 254 g/mol. The van der Waals surface area contributed by atoms with Gasteiger partial charge in [-0.3, -0.25) is 10.9 Å². The van der Waals surface area contributed by atoms with Gasteiger partial charge in [-0.1, -0.05) is 0 Å². The van der Waals surface area contributed by atoms with Gasteiger partial charge in [0.05, 0.1) is 0 Å². The highest BCUT2D eigenvalue weighted by molar-refractivity contribution is 4.81. The van der Waals surface area contributed by atoms with Gasteiger partial charge in [-0.25, -0.2) is 10.0 Å². The molecule has 4 atom stereocenters. The molecule has 2 N–H and O–H groups in total. The lowest BCUT2D eigenvalue weighted by Gasteiger charge is -2.29. The molecule has 2 aliphatic rings. The van der Waals surface area contributed by atoms with E-state index in [1.165, 1.54) is 25.7 Å². The van der Waals surface area contributed by atoms with Gasteiger partial charge in [0.15, 0.2) is 0 Å². The molecule has 0 amide bonds. The van der Waals surface area contributed by atoms with Crippen molar-refractivity contribution in [2.45, 2.75) is 77.5 Å². The molecule has 0 spiro atoms. The molecule has 0 saturated carbocycles. The highest BCUT2D eigenvalue weighted by Gasteiger charge is 2.28. The van der Waals surface area contributed by atoms with Crippen LogP contribution in [0.1, 0.15) is 53.4 Å². The summed E-state index contributed by atoms with van der Waals surface area (Å²) in [6.45, 7) is 11.3. The topological polar surface area (TPSA) is 30.5 Å². The van der Waals surface area contributed by atoms with Gasteiger partial charge in [-0.05, 0) is 53.4 Å². The van der Waals surface area contributed by atoms with Crippen molar-refractivity contribution in [3.63, 3.8) is 0 Å². The third-order valence-electron chi connectivity index (χ3n) is 4.62. The number of hydrazine groups is 2. The fourth-order valence-electron chi connectivity index (χ4n) is 3.38. The zero-order valence-corrected chi connectivity index (χ0v) is 12.4. The van der Waals surface area contributed by atoms with E-state index in [1.54, 1.807) is 0 Å². The predicted octanol–water partition coefficient (Wildman–Crippen LogP) is 1.74. The van der Waals surface area contributed by atoms with E-state index < -0.39 is 0 Å². The minimum Gasteiger partial charge on any atom is -0.253 e. The van der Waals surface area contributed by atoms with Crippen molar-refractivity contribution in [1.82, 2.24) is 20.9 Å². The van der Waals surface area contributed by atoms with Crippen LogP contribution in [0.5, 0.6) is 0 Å². The van der Waals surface area contributed by atoms with E-state index >= 15 is 0 Å². The predicted molar refractivity (Wildman–Crippen MR) is 76.0 cm³/mol. The maximum absolute atomic E-state index is 3.58. The Balaban J connectivity index is 1.64. The van der Waals surface area contributed by atoms with Crippen LogP contribution in [0.2, 0.25) is 0 Å². The summed E-state index contributed by atoms with van der Waals surface area (Å²) in [7, 11) is 0. The molecular weight excluding hydrogens is 224 g/mol. The number of hydrogen-bond acceptors (Lipinski definition) is 4. The minimum absolute atomic E-state index is 0.685. The third-order valence-corrected chi connectivity index (χ3v) is 4.62. The fourth-order valence-corrected chi connectivity index (χ4v) is 3.38. The Bertz CT molecular complexity index is 212. The van der Waals surface area contributed by atoms with Crippen molar-refractivity contribution in [3.8, 4) is 0 Å². The van der Waals surface area contributed by atoms with Gasteiger partial charge in [0.2, 0.25) is 0 Å². The molecule has 0 aromatic rings. The van der Waals surface area contributed by atoms with Gasteiger partial charge < -0.3 is 0 Å². The molecule has 0 unspecified atom stereocenters. The smallest absolute Gasteiger partial charge is 0.0242 e. The van der Waals surface area contributed by atoms with Crippen LogP contribution >= 0.6 is 0 Å². The highest BCUT2D eigenvalue weighted by Crippen LogP contribution is 2.21. The normalized spacial score (nSPS) is 38.7. The third kappa shape index (κ3) is 3.23. The Kier molecular flexibility index (Phi) is 5.01. The van der Waals surface area contributed by atoms with Gasteiger partial charge >= 0.3 is 0 Å². The quantitative estimate of drug-likeness (QED) is 0.732. The lowest BCUT2D eigenvalue weighted by atomic mass is 10.2. The summed E-state index contributed by atoms with van der Waals surface area (Å²) >= 11 is 0. The van der Waals surface area contributed by atoms with Gasteiger partial charge in [-0.2, -0.15) is 0 Å². The summed E-state index contributed by atoms with van der Waals surface area (Å²) < 4.78 is 0. The minimum atomic E-state index is 0.685. The molecule has 18 heavy (non-hydrogen) atoms. The summed E-state index contributed by atoms with van der Waals surface area (Å²) in [5.41, 5.74) is 7.16. The molecule has 2 saturated heterocycles. The molecular formula is C14H30N4. The van der Waals surface area contributed by atoms with Crippen LogP contribution in [0.4, 0.5) is 0 Å². The van der Waals surface area contributed by atoms with Gasteiger partial charge in [0, 0.05) is 37.3 Å². The standard InChI is InChI=1S/C14H30N4/c1-11-5-6-12(2)17(11)15-9-10-16-18-13(3)7-8-14(18)4/h11-16H,5-10H2,1-4H3/t11-,12-,13-,14-/m1/s1. The second-order valence-electron chi connectivity index (χ2n) is 6.18. The second-order valence-corrected chi connectivity index (χ2v) is 6.18. The van der Waals surface area contributed by atoms with Crippen LogP contribution in [-0.4, -0.2) is 47.3 Å². The Morgan fingerprint density at radius 1 is 0.667 bits per heavy atom. The van der Waals surface area contributed by atoms with E-state index in [-0.39, 0.29) is 0 Å². The van der Waals surface area contributed by atoms with Gasteiger partial charge in [0.1, 0.15) is 0 Å². The maximum Gasteiger partial charge on any atom is 0.0242 e. The summed E-state index contributed by atoms with van der Waals surface area (Å²) in [5, 5.41) is 4.86. The first-order valence-corrected chi connectivity index (χ1v) is 7.63. The average Bonchev–Trinajstić information content (AvgIpc) is 2.82. The number of nitrogens with zero attached hydrogens (tertiary/aromatic N) is 2. The van der Waals surface area contributed by atoms with Crippen LogP contribution < -0.4 is 10.9 Å². The Morgan fingerprint density at radius 3 is 1.22 bits per heavy atom. The maximum atomic E-state index is 3.58. The summed E-state index contributed by atoms with van der Waals surface area (Å²) in [6.07, 6.45) is 5.28. The summed E-state index contributed by atoms with van der Waals surface area (Å²) in [4.78, 5) is 0. The van der Waals surface area contributed by atoms with Crippen molar-refractivity contribution in [2.75, 3.05) is 13.1 Å².